The average molecular weight is 242 g/mol. The third-order valence-corrected chi connectivity index (χ3v) is 3.87. The second-order valence-electron chi connectivity index (χ2n) is 5.72. The topological polar surface area (TPSA) is 52.6 Å². The Hall–Kier alpha value is -0.610. The Morgan fingerprint density at radius 2 is 2.00 bits per heavy atom. The van der Waals surface area contributed by atoms with Gasteiger partial charge in [0.2, 0.25) is 5.91 Å². The minimum Gasteiger partial charge on any atom is -0.394 e. The van der Waals surface area contributed by atoms with Crippen LogP contribution in [0.4, 0.5) is 0 Å². The van der Waals surface area contributed by atoms with Gasteiger partial charge < -0.3 is 10.0 Å². The molecule has 0 bridgehead atoms. The number of hydrogen-bond acceptors (Lipinski definition) is 3. The van der Waals surface area contributed by atoms with E-state index in [1.54, 1.807) is 19.0 Å². The predicted octanol–water partition coefficient (Wildman–Crippen LogP) is 0.994. The molecule has 4 heteroatoms. The van der Waals surface area contributed by atoms with E-state index in [0.29, 0.717) is 0 Å². The second-order valence-corrected chi connectivity index (χ2v) is 5.72. The minimum atomic E-state index is -0.252. The highest BCUT2D eigenvalue weighted by Gasteiger charge is 2.35. The number of hydrogen-bond donors (Lipinski definition) is 2. The monoisotopic (exact) mass is 242 g/mol. The van der Waals surface area contributed by atoms with Gasteiger partial charge in [-0.15, -0.1) is 0 Å². The van der Waals surface area contributed by atoms with Crippen molar-refractivity contribution in [3.8, 4) is 0 Å². The van der Waals surface area contributed by atoms with Gasteiger partial charge in [0.25, 0.3) is 0 Å². The van der Waals surface area contributed by atoms with E-state index in [0.717, 1.165) is 31.6 Å². The lowest BCUT2D eigenvalue weighted by Crippen LogP contribution is -2.57. The first-order valence-corrected chi connectivity index (χ1v) is 6.50. The Labute approximate surface area is 104 Å². The molecule has 1 rings (SSSR count). The molecule has 1 unspecified atom stereocenters. The first-order valence-electron chi connectivity index (χ1n) is 6.50. The number of nitrogens with zero attached hydrogens (tertiary/aromatic N) is 1. The fourth-order valence-corrected chi connectivity index (χ4v) is 2.57. The van der Waals surface area contributed by atoms with Crippen LogP contribution in [0.3, 0.4) is 0 Å². The van der Waals surface area contributed by atoms with Gasteiger partial charge in [-0.1, -0.05) is 6.92 Å². The van der Waals surface area contributed by atoms with Crippen molar-refractivity contribution < 1.29 is 9.90 Å². The van der Waals surface area contributed by atoms with Crippen molar-refractivity contribution in [2.45, 2.75) is 51.1 Å². The second kappa shape index (κ2) is 5.83. The Balaban J connectivity index is 2.60. The summed E-state index contributed by atoms with van der Waals surface area (Å²) in [6.07, 6.45) is 4.15. The fourth-order valence-electron chi connectivity index (χ4n) is 2.57. The third-order valence-electron chi connectivity index (χ3n) is 3.87. The molecule has 0 aromatic carbocycles. The lowest BCUT2D eigenvalue weighted by atomic mass is 9.77. The van der Waals surface area contributed by atoms with E-state index in [2.05, 4.69) is 12.2 Å². The zero-order chi connectivity index (χ0) is 13.1. The number of aliphatic hydroxyl groups excluding tert-OH is 1. The summed E-state index contributed by atoms with van der Waals surface area (Å²) in [7, 11) is 3.52. The van der Waals surface area contributed by atoms with Crippen molar-refractivity contribution in [2.75, 3.05) is 20.7 Å². The Morgan fingerprint density at radius 3 is 2.41 bits per heavy atom. The van der Waals surface area contributed by atoms with Crippen LogP contribution in [-0.2, 0) is 4.79 Å². The van der Waals surface area contributed by atoms with E-state index < -0.39 is 0 Å². The van der Waals surface area contributed by atoms with Gasteiger partial charge in [-0.05, 0) is 38.5 Å². The van der Waals surface area contributed by atoms with Gasteiger partial charge in [0.1, 0.15) is 0 Å². The molecule has 0 aromatic rings. The molecule has 1 atom stereocenters. The van der Waals surface area contributed by atoms with Crippen LogP contribution in [0.15, 0.2) is 0 Å². The number of amides is 1. The zero-order valence-corrected chi connectivity index (χ0v) is 11.5. The maximum Gasteiger partial charge on any atom is 0.238 e. The molecule has 4 nitrogen and oxygen atoms in total. The van der Waals surface area contributed by atoms with Crippen LogP contribution in [0, 0.1) is 5.92 Å². The highest BCUT2D eigenvalue weighted by Crippen LogP contribution is 2.31. The standard InChI is InChI=1S/C13H26N2O2/c1-10-5-7-13(9-16,8-6-10)14-11(2)12(17)15(3)4/h10-11,14,16H,5-9H2,1-4H3. The van der Waals surface area contributed by atoms with Crippen LogP contribution in [0.1, 0.15) is 39.5 Å². The molecule has 0 radical (unpaired) electrons. The van der Waals surface area contributed by atoms with Crippen LogP contribution < -0.4 is 5.32 Å². The van der Waals surface area contributed by atoms with E-state index in [-0.39, 0.29) is 24.1 Å². The molecule has 0 heterocycles. The van der Waals surface area contributed by atoms with Crippen molar-refractivity contribution in [1.82, 2.24) is 10.2 Å². The molecule has 1 aliphatic carbocycles. The van der Waals surface area contributed by atoms with Crippen LogP contribution in [0.5, 0.6) is 0 Å². The fraction of sp³-hybridized carbons (Fsp3) is 0.923. The van der Waals surface area contributed by atoms with E-state index >= 15 is 0 Å². The molecule has 2 N–H and O–H groups in total. The molecule has 1 aliphatic rings. The normalized spacial score (nSPS) is 31.0. The van der Waals surface area contributed by atoms with Crippen LogP contribution >= 0.6 is 0 Å². The number of rotatable bonds is 4. The van der Waals surface area contributed by atoms with Crippen molar-refractivity contribution in [3.63, 3.8) is 0 Å². The third kappa shape index (κ3) is 3.68. The van der Waals surface area contributed by atoms with Gasteiger partial charge in [-0.2, -0.15) is 0 Å². The number of aliphatic hydroxyl groups is 1. The highest BCUT2D eigenvalue weighted by molar-refractivity contribution is 5.81. The lowest BCUT2D eigenvalue weighted by Gasteiger charge is -2.41. The maximum absolute atomic E-state index is 11.8. The summed E-state index contributed by atoms with van der Waals surface area (Å²) in [6.45, 7) is 4.23. The summed E-state index contributed by atoms with van der Waals surface area (Å²) in [5.41, 5.74) is -0.252. The summed E-state index contributed by atoms with van der Waals surface area (Å²) in [6, 6.07) is -0.231. The Kier molecular flexibility index (Phi) is 4.95. The lowest BCUT2D eigenvalue weighted by molar-refractivity contribution is -0.131. The molecule has 1 saturated carbocycles. The summed E-state index contributed by atoms with van der Waals surface area (Å²) >= 11 is 0. The van der Waals surface area contributed by atoms with Gasteiger partial charge >= 0.3 is 0 Å². The van der Waals surface area contributed by atoms with E-state index in [1.807, 2.05) is 6.92 Å². The molecule has 0 saturated heterocycles. The summed E-state index contributed by atoms with van der Waals surface area (Å²) in [4.78, 5) is 13.4. The summed E-state index contributed by atoms with van der Waals surface area (Å²) < 4.78 is 0. The molecule has 1 amide bonds. The van der Waals surface area contributed by atoms with Gasteiger partial charge in [0.15, 0.2) is 0 Å². The molecule has 0 aliphatic heterocycles. The molecule has 0 spiro atoms. The smallest absolute Gasteiger partial charge is 0.238 e. The van der Waals surface area contributed by atoms with Gasteiger partial charge in [0.05, 0.1) is 12.6 Å². The number of likely N-dealkylation sites (N-methyl/N-ethyl adjacent to an activating group) is 1. The molecule has 1 fully saturated rings. The van der Waals surface area contributed by atoms with Gasteiger partial charge in [0, 0.05) is 19.6 Å². The first-order chi connectivity index (χ1) is 7.90. The van der Waals surface area contributed by atoms with Crippen LogP contribution in [0.25, 0.3) is 0 Å². The quantitative estimate of drug-likeness (QED) is 0.773. The van der Waals surface area contributed by atoms with E-state index in [9.17, 15) is 9.90 Å². The predicted molar refractivity (Wildman–Crippen MR) is 68.7 cm³/mol. The minimum absolute atomic E-state index is 0.0662. The number of nitrogens with one attached hydrogen (secondary N) is 1. The van der Waals surface area contributed by atoms with E-state index in [1.165, 1.54) is 0 Å². The summed E-state index contributed by atoms with van der Waals surface area (Å²) in [5, 5.41) is 13.0. The highest BCUT2D eigenvalue weighted by atomic mass is 16.3. The maximum atomic E-state index is 11.8. The largest absolute Gasteiger partial charge is 0.394 e. The molecular formula is C13H26N2O2. The zero-order valence-electron chi connectivity index (χ0n) is 11.5. The number of carbonyl (C=O) groups excluding carboxylic acids is 1. The van der Waals surface area contributed by atoms with Crippen LogP contribution in [-0.4, -0.2) is 48.2 Å². The average Bonchev–Trinajstić information content (AvgIpc) is 2.31. The van der Waals surface area contributed by atoms with Crippen molar-refractivity contribution >= 4 is 5.91 Å². The van der Waals surface area contributed by atoms with Crippen LogP contribution in [0.2, 0.25) is 0 Å². The summed E-state index contributed by atoms with van der Waals surface area (Å²) in [5.74, 6) is 0.799. The Bertz CT molecular complexity index is 258. The Morgan fingerprint density at radius 1 is 1.47 bits per heavy atom. The van der Waals surface area contributed by atoms with Crippen molar-refractivity contribution in [3.05, 3.63) is 0 Å². The molecule has 100 valence electrons. The molecule has 17 heavy (non-hydrogen) atoms. The SMILES string of the molecule is CC1CCC(CO)(NC(C)C(=O)N(C)C)CC1. The van der Waals surface area contributed by atoms with Gasteiger partial charge in [-0.25, -0.2) is 0 Å². The van der Waals surface area contributed by atoms with Crippen molar-refractivity contribution in [1.29, 1.82) is 0 Å². The molecular weight excluding hydrogens is 216 g/mol. The first kappa shape index (κ1) is 14.5. The van der Waals surface area contributed by atoms with Gasteiger partial charge in [-0.3, -0.25) is 10.1 Å². The molecule has 0 aromatic heterocycles. The number of carbonyl (C=O) groups is 1. The van der Waals surface area contributed by atoms with E-state index in [4.69, 9.17) is 0 Å². The van der Waals surface area contributed by atoms with Crippen molar-refractivity contribution in [2.24, 2.45) is 5.92 Å².